The Morgan fingerprint density at radius 3 is 2.38 bits per heavy atom. The molecule has 1 aromatic rings. The smallest absolute Gasteiger partial charge is 0.303 e. The number of oxime groups is 1. The second-order valence-corrected chi connectivity index (χ2v) is 3.55. The van der Waals surface area contributed by atoms with Crippen LogP contribution in [0.4, 0.5) is 0 Å². The predicted molar refractivity (Wildman–Crippen MR) is 60.9 cm³/mol. The van der Waals surface area contributed by atoms with E-state index in [9.17, 15) is 4.79 Å². The molecule has 0 heterocycles. The molecule has 86 valence electrons. The Hall–Kier alpha value is -1.84. The van der Waals surface area contributed by atoms with Crippen LogP contribution in [0.3, 0.4) is 0 Å². The van der Waals surface area contributed by atoms with Gasteiger partial charge in [0.15, 0.2) is 0 Å². The lowest BCUT2D eigenvalue weighted by atomic mass is 10.0. The van der Waals surface area contributed by atoms with Gasteiger partial charge in [-0.15, -0.1) is 0 Å². The van der Waals surface area contributed by atoms with E-state index in [0.717, 1.165) is 12.0 Å². The van der Waals surface area contributed by atoms with Gasteiger partial charge in [-0.3, -0.25) is 4.79 Å². The van der Waals surface area contributed by atoms with Gasteiger partial charge in [0.2, 0.25) is 0 Å². The Morgan fingerprint density at radius 1 is 1.12 bits per heavy atom. The SMILES string of the molecule is O=C(O)CC/C(CCc1ccccc1)=N/O. The highest BCUT2D eigenvalue weighted by Gasteiger charge is 2.04. The van der Waals surface area contributed by atoms with E-state index < -0.39 is 5.97 Å². The largest absolute Gasteiger partial charge is 0.481 e. The molecule has 0 amide bonds. The summed E-state index contributed by atoms with van der Waals surface area (Å²) < 4.78 is 0. The summed E-state index contributed by atoms with van der Waals surface area (Å²) in [6.45, 7) is 0. The second kappa shape index (κ2) is 6.61. The van der Waals surface area contributed by atoms with Gasteiger partial charge >= 0.3 is 5.97 Å². The molecule has 0 fully saturated rings. The summed E-state index contributed by atoms with van der Waals surface area (Å²) in [6.07, 6.45) is 1.67. The first-order valence-electron chi connectivity index (χ1n) is 5.18. The van der Waals surface area contributed by atoms with Crippen molar-refractivity contribution in [1.29, 1.82) is 0 Å². The minimum Gasteiger partial charge on any atom is -0.481 e. The Bertz CT molecular complexity index is 360. The van der Waals surface area contributed by atoms with Crippen molar-refractivity contribution in [3.8, 4) is 0 Å². The van der Waals surface area contributed by atoms with Crippen molar-refractivity contribution >= 4 is 11.7 Å². The lowest BCUT2D eigenvalue weighted by Gasteiger charge is -2.03. The molecule has 0 atom stereocenters. The van der Waals surface area contributed by atoms with Gasteiger partial charge in [0.1, 0.15) is 0 Å². The van der Waals surface area contributed by atoms with E-state index in [1.54, 1.807) is 0 Å². The van der Waals surface area contributed by atoms with E-state index in [-0.39, 0.29) is 6.42 Å². The molecule has 1 rings (SSSR count). The Labute approximate surface area is 94.2 Å². The Morgan fingerprint density at radius 2 is 1.81 bits per heavy atom. The average molecular weight is 221 g/mol. The number of hydrogen-bond donors (Lipinski definition) is 2. The topological polar surface area (TPSA) is 69.9 Å². The maximum absolute atomic E-state index is 10.4. The normalized spacial score (nSPS) is 11.4. The van der Waals surface area contributed by atoms with E-state index in [0.29, 0.717) is 18.6 Å². The molecule has 0 spiro atoms. The molecule has 1 aromatic carbocycles. The number of carbonyl (C=O) groups is 1. The minimum absolute atomic E-state index is 0.00812. The lowest BCUT2D eigenvalue weighted by molar-refractivity contribution is -0.136. The van der Waals surface area contributed by atoms with E-state index in [1.165, 1.54) is 0 Å². The number of aliphatic carboxylic acids is 1. The van der Waals surface area contributed by atoms with Gasteiger partial charge in [0, 0.05) is 0 Å². The third-order valence-electron chi connectivity index (χ3n) is 2.31. The van der Waals surface area contributed by atoms with Gasteiger partial charge in [0.25, 0.3) is 0 Å². The molecule has 0 aliphatic heterocycles. The monoisotopic (exact) mass is 221 g/mol. The molecule has 0 aliphatic carbocycles. The highest BCUT2D eigenvalue weighted by molar-refractivity contribution is 5.86. The van der Waals surface area contributed by atoms with Crippen LogP contribution >= 0.6 is 0 Å². The molecule has 0 unspecified atom stereocenters. The van der Waals surface area contributed by atoms with Crippen molar-refractivity contribution in [1.82, 2.24) is 0 Å². The summed E-state index contributed by atoms with van der Waals surface area (Å²) in [5, 5.41) is 20.3. The third kappa shape index (κ3) is 4.59. The summed E-state index contributed by atoms with van der Waals surface area (Å²) in [5.41, 5.74) is 1.69. The molecule has 0 saturated carbocycles. The number of rotatable bonds is 6. The van der Waals surface area contributed by atoms with Gasteiger partial charge in [-0.05, 0) is 24.8 Å². The molecular weight excluding hydrogens is 206 g/mol. The zero-order valence-corrected chi connectivity index (χ0v) is 8.97. The standard InChI is InChI=1S/C12H15NO3/c14-12(15)9-8-11(13-16)7-6-10-4-2-1-3-5-10/h1-5,16H,6-9H2,(H,14,15)/b13-11+. The summed E-state index contributed by atoms with van der Waals surface area (Å²) in [7, 11) is 0. The number of hydrogen-bond acceptors (Lipinski definition) is 3. The van der Waals surface area contributed by atoms with Crippen molar-refractivity contribution in [2.75, 3.05) is 0 Å². The summed E-state index contributed by atoms with van der Waals surface area (Å²) in [4.78, 5) is 10.4. The highest BCUT2D eigenvalue weighted by atomic mass is 16.4. The van der Waals surface area contributed by atoms with Crippen LogP contribution in [0.1, 0.15) is 24.8 Å². The van der Waals surface area contributed by atoms with Crippen LogP contribution in [0.2, 0.25) is 0 Å². The van der Waals surface area contributed by atoms with E-state index in [2.05, 4.69) is 5.16 Å². The second-order valence-electron chi connectivity index (χ2n) is 3.55. The van der Waals surface area contributed by atoms with Gasteiger partial charge in [-0.25, -0.2) is 0 Å². The van der Waals surface area contributed by atoms with Crippen LogP contribution in [0.25, 0.3) is 0 Å². The zero-order chi connectivity index (χ0) is 11.8. The molecule has 0 saturated heterocycles. The van der Waals surface area contributed by atoms with Crippen molar-refractivity contribution in [3.05, 3.63) is 35.9 Å². The fraction of sp³-hybridized carbons (Fsp3) is 0.333. The molecule has 4 nitrogen and oxygen atoms in total. The third-order valence-corrected chi connectivity index (χ3v) is 2.31. The van der Waals surface area contributed by atoms with Crippen molar-refractivity contribution in [2.45, 2.75) is 25.7 Å². The fourth-order valence-corrected chi connectivity index (χ4v) is 1.41. The maximum Gasteiger partial charge on any atom is 0.303 e. The van der Waals surface area contributed by atoms with Gasteiger partial charge < -0.3 is 10.3 Å². The predicted octanol–water partition coefficient (Wildman–Crippen LogP) is 2.31. The minimum atomic E-state index is -0.874. The lowest BCUT2D eigenvalue weighted by Crippen LogP contribution is -2.05. The number of carboxylic acid groups (broad SMARTS) is 1. The van der Waals surface area contributed by atoms with Crippen LogP contribution in [-0.4, -0.2) is 22.0 Å². The fourth-order valence-electron chi connectivity index (χ4n) is 1.41. The molecule has 2 N–H and O–H groups in total. The van der Waals surface area contributed by atoms with E-state index >= 15 is 0 Å². The van der Waals surface area contributed by atoms with Crippen LogP contribution < -0.4 is 0 Å². The molecular formula is C12H15NO3. The van der Waals surface area contributed by atoms with Gasteiger partial charge in [-0.2, -0.15) is 0 Å². The maximum atomic E-state index is 10.4. The first-order valence-corrected chi connectivity index (χ1v) is 5.18. The average Bonchev–Trinajstić information content (AvgIpc) is 2.30. The summed E-state index contributed by atoms with van der Waals surface area (Å²) in [6, 6.07) is 9.82. The van der Waals surface area contributed by atoms with E-state index in [4.69, 9.17) is 10.3 Å². The molecule has 16 heavy (non-hydrogen) atoms. The quantitative estimate of drug-likeness (QED) is 0.440. The number of benzene rings is 1. The Kier molecular flexibility index (Phi) is 5.05. The van der Waals surface area contributed by atoms with Crippen LogP contribution in [-0.2, 0) is 11.2 Å². The summed E-state index contributed by atoms with van der Waals surface area (Å²) >= 11 is 0. The molecule has 0 aromatic heterocycles. The zero-order valence-electron chi connectivity index (χ0n) is 8.97. The van der Waals surface area contributed by atoms with Crippen molar-refractivity contribution in [2.24, 2.45) is 5.16 Å². The number of carboxylic acids is 1. The first kappa shape index (κ1) is 12.2. The van der Waals surface area contributed by atoms with E-state index in [1.807, 2.05) is 30.3 Å². The number of aryl methyl sites for hydroxylation is 1. The number of nitrogens with zero attached hydrogens (tertiary/aromatic N) is 1. The van der Waals surface area contributed by atoms with Gasteiger partial charge in [0.05, 0.1) is 12.1 Å². The molecule has 4 heteroatoms. The van der Waals surface area contributed by atoms with Crippen molar-refractivity contribution < 1.29 is 15.1 Å². The highest BCUT2D eigenvalue weighted by Crippen LogP contribution is 2.06. The molecule has 0 aliphatic rings. The summed E-state index contributed by atoms with van der Waals surface area (Å²) in [5.74, 6) is -0.874. The van der Waals surface area contributed by atoms with Crippen LogP contribution in [0.5, 0.6) is 0 Å². The van der Waals surface area contributed by atoms with Gasteiger partial charge in [-0.1, -0.05) is 35.5 Å². The first-order chi connectivity index (χ1) is 7.72. The molecule has 0 bridgehead atoms. The van der Waals surface area contributed by atoms with Crippen LogP contribution in [0, 0.1) is 0 Å². The Balaban J connectivity index is 2.38. The van der Waals surface area contributed by atoms with Crippen LogP contribution in [0.15, 0.2) is 35.5 Å². The van der Waals surface area contributed by atoms with Crippen molar-refractivity contribution in [3.63, 3.8) is 0 Å². The molecule has 0 radical (unpaired) electrons.